The Balaban J connectivity index is 4.28. The molecule has 0 rings (SSSR count). The molecule has 0 unspecified atom stereocenters. The standard InChI is InChI=1S/C11H20O7/c1-2-3-4-5-18-7(6-12)8(13)9(14)10(15)11(16)17/h6-10,13-15H,2-5H2,1H3,(H,16,17)/t7-,8+,9-,10-/m0/s1. The number of aliphatic hydroxyl groups is 3. The van der Waals surface area contributed by atoms with Crippen molar-refractivity contribution in [3.05, 3.63) is 0 Å². The summed E-state index contributed by atoms with van der Waals surface area (Å²) in [6.07, 6.45) is -4.48. The second kappa shape index (κ2) is 8.98. The minimum atomic E-state index is -2.17. The lowest BCUT2D eigenvalue weighted by atomic mass is 10.0. The van der Waals surface area contributed by atoms with Crippen molar-refractivity contribution in [1.29, 1.82) is 0 Å². The lowest BCUT2D eigenvalue weighted by Gasteiger charge is -2.24. The molecule has 0 aromatic rings. The maximum absolute atomic E-state index is 10.7. The number of hydrogen-bond acceptors (Lipinski definition) is 6. The molecule has 0 aliphatic heterocycles. The van der Waals surface area contributed by atoms with E-state index in [0.717, 1.165) is 12.8 Å². The van der Waals surface area contributed by atoms with Crippen LogP contribution in [-0.4, -0.2) is 63.7 Å². The first-order valence-electron chi connectivity index (χ1n) is 5.79. The molecule has 106 valence electrons. The number of carbonyl (C=O) groups is 2. The summed E-state index contributed by atoms with van der Waals surface area (Å²) in [4.78, 5) is 21.1. The van der Waals surface area contributed by atoms with Crippen molar-refractivity contribution in [3.8, 4) is 0 Å². The Labute approximate surface area is 105 Å². The summed E-state index contributed by atoms with van der Waals surface area (Å²) in [6.45, 7) is 2.20. The first-order valence-corrected chi connectivity index (χ1v) is 5.79. The molecule has 0 heterocycles. The maximum Gasteiger partial charge on any atom is 0.335 e. The van der Waals surface area contributed by atoms with Gasteiger partial charge in [-0.25, -0.2) is 4.79 Å². The Kier molecular flexibility index (Phi) is 8.47. The molecule has 0 bridgehead atoms. The van der Waals surface area contributed by atoms with Crippen molar-refractivity contribution in [2.45, 2.75) is 50.6 Å². The predicted molar refractivity (Wildman–Crippen MR) is 61.0 cm³/mol. The second-order valence-electron chi connectivity index (χ2n) is 3.94. The number of aliphatic carboxylic acids is 1. The Morgan fingerprint density at radius 1 is 1.22 bits per heavy atom. The zero-order valence-corrected chi connectivity index (χ0v) is 10.2. The van der Waals surface area contributed by atoms with Gasteiger partial charge in [0.1, 0.15) is 18.3 Å². The molecular formula is C11H20O7. The number of carboxylic acids is 1. The molecule has 0 saturated carbocycles. The van der Waals surface area contributed by atoms with Gasteiger partial charge in [-0.15, -0.1) is 0 Å². The molecule has 0 radical (unpaired) electrons. The van der Waals surface area contributed by atoms with Gasteiger partial charge in [0, 0.05) is 6.61 Å². The number of ether oxygens (including phenoxy) is 1. The summed E-state index contributed by atoms with van der Waals surface area (Å²) in [5.74, 6) is -1.68. The molecule has 0 aromatic heterocycles. The molecule has 0 fully saturated rings. The van der Waals surface area contributed by atoms with Gasteiger partial charge in [0.25, 0.3) is 0 Å². The highest BCUT2D eigenvalue weighted by atomic mass is 16.5. The first kappa shape index (κ1) is 17.0. The molecule has 4 atom stereocenters. The van der Waals surface area contributed by atoms with E-state index >= 15 is 0 Å². The molecule has 0 aromatic carbocycles. The van der Waals surface area contributed by atoms with Crippen LogP contribution < -0.4 is 0 Å². The van der Waals surface area contributed by atoms with E-state index in [2.05, 4.69) is 0 Å². The number of aldehydes is 1. The number of unbranched alkanes of at least 4 members (excludes halogenated alkanes) is 2. The van der Waals surface area contributed by atoms with Gasteiger partial charge >= 0.3 is 5.97 Å². The van der Waals surface area contributed by atoms with Crippen LogP contribution in [-0.2, 0) is 14.3 Å². The Morgan fingerprint density at radius 3 is 2.28 bits per heavy atom. The normalized spacial score (nSPS) is 17.8. The molecule has 0 saturated heterocycles. The largest absolute Gasteiger partial charge is 0.479 e. The molecule has 7 nitrogen and oxygen atoms in total. The molecular weight excluding hydrogens is 244 g/mol. The predicted octanol–water partition coefficient (Wildman–Crippen LogP) is -1.07. The average molecular weight is 264 g/mol. The highest BCUT2D eigenvalue weighted by molar-refractivity contribution is 5.73. The van der Waals surface area contributed by atoms with E-state index in [9.17, 15) is 19.8 Å². The lowest BCUT2D eigenvalue weighted by Crippen LogP contribution is -2.49. The van der Waals surface area contributed by atoms with E-state index in [1.54, 1.807) is 0 Å². The Bertz CT molecular complexity index is 256. The topological polar surface area (TPSA) is 124 Å². The third-order valence-corrected chi connectivity index (χ3v) is 2.46. The number of carboxylic acid groups (broad SMARTS) is 1. The second-order valence-corrected chi connectivity index (χ2v) is 3.94. The SMILES string of the molecule is CCCCCO[C@@H](C=O)[C@@H](O)[C@H](O)[C@H](O)C(=O)O. The van der Waals surface area contributed by atoms with Gasteiger partial charge in [-0.3, -0.25) is 0 Å². The fourth-order valence-electron chi connectivity index (χ4n) is 1.32. The zero-order valence-electron chi connectivity index (χ0n) is 10.2. The number of aliphatic hydroxyl groups excluding tert-OH is 3. The molecule has 0 aliphatic rings. The average Bonchev–Trinajstić information content (AvgIpc) is 2.36. The summed E-state index contributed by atoms with van der Waals surface area (Å²) in [5.41, 5.74) is 0. The number of rotatable bonds is 10. The number of hydrogen-bond donors (Lipinski definition) is 4. The van der Waals surface area contributed by atoms with Crippen LogP contribution in [0.25, 0.3) is 0 Å². The van der Waals surface area contributed by atoms with Gasteiger partial charge in [-0.1, -0.05) is 19.8 Å². The van der Waals surface area contributed by atoms with E-state index in [4.69, 9.17) is 14.9 Å². The van der Waals surface area contributed by atoms with Crippen LogP contribution in [0, 0.1) is 0 Å². The van der Waals surface area contributed by atoms with Gasteiger partial charge in [0.05, 0.1) is 0 Å². The van der Waals surface area contributed by atoms with Crippen LogP contribution >= 0.6 is 0 Å². The third-order valence-electron chi connectivity index (χ3n) is 2.46. The summed E-state index contributed by atoms with van der Waals surface area (Å²) in [5, 5.41) is 36.4. The summed E-state index contributed by atoms with van der Waals surface area (Å²) in [6, 6.07) is 0. The van der Waals surface area contributed by atoms with Gasteiger partial charge in [-0.05, 0) is 6.42 Å². The van der Waals surface area contributed by atoms with Gasteiger partial charge in [0.15, 0.2) is 12.4 Å². The van der Waals surface area contributed by atoms with Gasteiger partial charge < -0.3 is 30.0 Å². The van der Waals surface area contributed by atoms with Crippen LogP contribution in [0.1, 0.15) is 26.2 Å². The van der Waals surface area contributed by atoms with E-state index < -0.39 is 30.4 Å². The lowest BCUT2D eigenvalue weighted by molar-refractivity contribution is -0.166. The number of carbonyl (C=O) groups excluding carboxylic acids is 1. The van der Waals surface area contributed by atoms with Crippen molar-refractivity contribution in [2.75, 3.05) is 6.61 Å². The van der Waals surface area contributed by atoms with Crippen LogP contribution in [0.3, 0.4) is 0 Å². The molecule has 0 aliphatic carbocycles. The Morgan fingerprint density at radius 2 is 1.83 bits per heavy atom. The molecule has 7 heteroatoms. The minimum Gasteiger partial charge on any atom is -0.479 e. The van der Waals surface area contributed by atoms with Crippen molar-refractivity contribution >= 4 is 12.3 Å². The smallest absolute Gasteiger partial charge is 0.335 e. The van der Waals surface area contributed by atoms with Crippen LogP contribution in [0.15, 0.2) is 0 Å². The molecule has 4 N–H and O–H groups in total. The van der Waals surface area contributed by atoms with E-state index in [1.807, 2.05) is 6.92 Å². The van der Waals surface area contributed by atoms with E-state index in [-0.39, 0.29) is 12.9 Å². The monoisotopic (exact) mass is 264 g/mol. The fourth-order valence-corrected chi connectivity index (χ4v) is 1.32. The Hall–Kier alpha value is -1.02. The maximum atomic E-state index is 10.7. The first-order chi connectivity index (χ1) is 8.45. The van der Waals surface area contributed by atoms with Crippen molar-refractivity contribution in [2.24, 2.45) is 0 Å². The third kappa shape index (κ3) is 5.54. The van der Waals surface area contributed by atoms with Crippen LogP contribution in [0.5, 0.6) is 0 Å². The van der Waals surface area contributed by atoms with Crippen LogP contribution in [0.4, 0.5) is 0 Å². The summed E-state index contributed by atoms with van der Waals surface area (Å²) < 4.78 is 5.02. The quantitative estimate of drug-likeness (QED) is 0.292. The minimum absolute atomic E-state index is 0.212. The van der Waals surface area contributed by atoms with Gasteiger partial charge in [0.2, 0.25) is 0 Å². The van der Waals surface area contributed by atoms with Crippen molar-refractivity contribution in [1.82, 2.24) is 0 Å². The van der Waals surface area contributed by atoms with Crippen molar-refractivity contribution < 1.29 is 34.8 Å². The van der Waals surface area contributed by atoms with E-state index in [0.29, 0.717) is 6.42 Å². The van der Waals surface area contributed by atoms with Crippen molar-refractivity contribution in [3.63, 3.8) is 0 Å². The van der Waals surface area contributed by atoms with Gasteiger partial charge in [-0.2, -0.15) is 0 Å². The van der Waals surface area contributed by atoms with Crippen LogP contribution in [0.2, 0.25) is 0 Å². The summed E-state index contributed by atoms with van der Waals surface area (Å²) >= 11 is 0. The highest BCUT2D eigenvalue weighted by Gasteiger charge is 2.35. The van der Waals surface area contributed by atoms with E-state index in [1.165, 1.54) is 0 Å². The summed E-state index contributed by atoms with van der Waals surface area (Å²) in [7, 11) is 0. The molecule has 0 spiro atoms. The molecule has 0 amide bonds. The zero-order chi connectivity index (χ0) is 14.1. The molecule has 18 heavy (non-hydrogen) atoms. The highest BCUT2D eigenvalue weighted by Crippen LogP contribution is 2.08. The fraction of sp³-hybridized carbons (Fsp3) is 0.818.